The Morgan fingerprint density at radius 2 is 1.86 bits per heavy atom. The van der Waals surface area contributed by atoms with Crippen LogP contribution in [0, 0.1) is 0 Å². The molecule has 0 aliphatic rings. The molecule has 0 fully saturated rings. The van der Waals surface area contributed by atoms with E-state index in [0.29, 0.717) is 16.0 Å². The number of halogens is 5. The Hall–Kier alpha value is -2.23. The minimum absolute atomic E-state index is 0.00858. The van der Waals surface area contributed by atoms with E-state index in [1.165, 1.54) is 0 Å². The van der Waals surface area contributed by atoms with E-state index in [1.54, 1.807) is 24.3 Å². The molecule has 3 rings (SSSR count). The van der Waals surface area contributed by atoms with Gasteiger partial charge in [-0.25, -0.2) is 4.98 Å². The first kappa shape index (κ1) is 20.5. The lowest BCUT2D eigenvalue weighted by molar-refractivity contribution is -0.137. The third-order valence-electron chi connectivity index (χ3n) is 3.48. The minimum Gasteiger partial charge on any atom is -0.324 e. The van der Waals surface area contributed by atoms with Crippen LogP contribution < -0.4 is 5.32 Å². The van der Waals surface area contributed by atoms with Crippen molar-refractivity contribution < 1.29 is 18.0 Å². The number of aromatic nitrogens is 3. The average Bonchev–Trinajstić information content (AvgIpc) is 3.10. The first-order valence-corrected chi connectivity index (χ1v) is 9.44. The molecule has 0 saturated heterocycles. The summed E-state index contributed by atoms with van der Waals surface area (Å²) in [6.45, 7) is 0. The van der Waals surface area contributed by atoms with Crippen molar-refractivity contribution in [1.82, 2.24) is 15.2 Å². The average molecular weight is 447 g/mol. The first-order chi connectivity index (χ1) is 13.2. The maximum atomic E-state index is 12.8. The molecule has 2 N–H and O–H groups in total. The molecule has 0 radical (unpaired) electrons. The Morgan fingerprint density at radius 3 is 2.54 bits per heavy atom. The summed E-state index contributed by atoms with van der Waals surface area (Å²) < 4.78 is 38.4. The standard InChI is InChI=1S/C17H11Cl2F3N4OS/c18-11-4-1-9(2-5-11)15-24-16(26-25-15)28-8-14(27)23-13-7-10(17(20,21)22)3-6-12(13)19/h1-7H,8H2,(H,23,27)(H,24,25,26). The van der Waals surface area contributed by atoms with Gasteiger partial charge in [-0.1, -0.05) is 35.0 Å². The second-order valence-corrected chi connectivity index (χ2v) is 7.29. The molecule has 28 heavy (non-hydrogen) atoms. The number of nitrogens with zero attached hydrogens (tertiary/aromatic N) is 2. The van der Waals surface area contributed by atoms with Gasteiger partial charge in [-0.3, -0.25) is 9.89 Å². The molecule has 0 saturated carbocycles. The molecular formula is C17H11Cl2F3N4OS. The van der Waals surface area contributed by atoms with E-state index in [0.717, 1.165) is 35.5 Å². The molecule has 0 spiro atoms. The maximum absolute atomic E-state index is 12.8. The van der Waals surface area contributed by atoms with Gasteiger partial charge in [-0.2, -0.15) is 13.2 Å². The predicted octanol–water partition coefficient (Wildman–Crippen LogP) is 5.53. The van der Waals surface area contributed by atoms with Crippen molar-refractivity contribution in [3.63, 3.8) is 0 Å². The lowest BCUT2D eigenvalue weighted by atomic mass is 10.2. The summed E-state index contributed by atoms with van der Waals surface area (Å²) in [5.41, 5.74) is -0.246. The predicted molar refractivity (Wildman–Crippen MR) is 103 cm³/mol. The number of aromatic amines is 1. The topological polar surface area (TPSA) is 70.7 Å². The van der Waals surface area contributed by atoms with Crippen LogP contribution >= 0.6 is 35.0 Å². The smallest absolute Gasteiger partial charge is 0.324 e. The summed E-state index contributed by atoms with van der Waals surface area (Å²) in [6, 6.07) is 9.66. The van der Waals surface area contributed by atoms with Gasteiger partial charge in [0.1, 0.15) is 0 Å². The van der Waals surface area contributed by atoms with E-state index in [9.17, 15) is 18.0 Å². The Kier molecular flexibility index (Phi) is 6.17. The molecule has 1 heterocycles. The molecule has 0 unspecified atom stereocenters. The monoisotopic (exact) mass is 446 g/mol. The van der Waals surface area contributed by atoms with Crippen LogP contribution in [-0.4, -0.2) is 26.8 Å². The normalized spacial score (nSPS) is 11.5. The van der Waals surface area contributed by atoms with Crippen LogP contribution in [0.2, 0.25) is 10.0 Å². The van der Waals surface area contributed by atoms with E-state index in [2.05, 4.69) is 20.5 Å². The highest BCUT2D eigenvalue weighted by atomic mass is 35.5. The molecular weight excluding hydrogens is 436 g/mol. The fourth-order valence-corrected chi connectivity index (χ4v) is 3.05. The van der Waals surface area contributed by atoms with Crippen LogP contribution in [0.1, 0.15) is 5.56 Å². The second-order valence-electron chi connectivity index (χ2n) is 5.50. The molecule has 0 aliphatic carbocycles. The van der Waals surface area contributed by atoms with Gasteiger partial charge in [-0.15, -0.1) is 5.10 Å². The number of nitrogens with one attached hydrogen (secondary N) is 2. The van der Waals surface area contributed by atoms with Gasteiger partial charge in [0.15, 0.2) is 5.82 Å². The molecule has 0 atom stereocenters. The second kappa shape index (κ2) is 8.42. The Morgan fingerprint density at radius 1 is 1.14 bits per heavy atom. The zero-order chi connectivity index (χ0) is 20.3. The number of H-pyrrole nitrogens is 1. The zero-order valence-electron chi connectivity index (χ0n) is 13.8. The molecule has 0 bridgehead atoms. The third kappa shape index (κ3) is 5.18. The highest BCUT2D eigenvalue weighted by molar-refractivity contribution is 7.99. The van der Waals surface area contributed by atoms with Crippen molar-refractivity contribution >= 4 is 46.6 Å². The van der Waals surface area contributed by atoms with Gasteiger partial charge in [0, 0.05) is 10.6 Å². The fraction of sp³-hybridized carbons (Fsp3) is 0.118. The maximum Gasteiger partial charge on any atom is 0.416 e. The van der Waals surface area contributed by atoms with E-state index >= 15 is 0 Å². The number of carbonyl (C=O) groups is 1. The summed E-state index contributed by atoms with van der Waals surface area (Å²) >= 11 is 12.7. The molecule has 3 aromatic rings. The molecule has 0 aliphatic heterocycles. The molecule has 11 heteroatoms. The number of hydrogen-bond donors (Lipinski definition) is 2. The Labute approximate surface area is 171 Å². The Balaban J connectivity index is 1.61. The van der Waals surface area contributed by atoms with E-state index in [-0.39, 0.29) is 16.5 Å². The van der Waals surface area contributed by atoms with Gasteiger partial charge >= 0.3 is 6.18 Å². The molecule has 5 nitrogen and oxygen atoms in total. The van der Waals surface area contributed by atoms with E-state index in [4.69, 9.17) is 23.2 Å². The van der Waals surface area contributed by atoms with Crippen molar-refractivity contribution in [1.29, 1.82) is 0 Å². The van der Waals surface area contributed by atoms with Crippen LogP contribution in [0.3, 0.4) is 0 Å². The molecule has 1 amide bonds. The SMILES string of the molecule is O=C(CSc1n[nH]c(-c2ccc(Cl)cc2)n1)Nc1cc(C(F)(F)F)ccc1Cl. The van der Waals surface area contributed by atoms with Gasteiger partial charge in [0.2, 0.25) is 11.1 Å². The van der Waals surface area contributed by atoms with Crippen molar-refractivity contribution in [2.24, 2.45) is 0 Å². The Bertz CT molecular complexity index is 993. The van der Waals surface area contributed by atoms with Crippen molar-refractivity contribution in [2.45, 2.75) is 11.3 Å². The quantitative estimate of drug-likeness (QED) is 0.505. The molecule has 2 aromatic carbocycles. The highest BCUT2D eigenvalue weighted by Crippen LogP contribution is 2.34. The van der Waals surface area contributed by atoms with Crippen molar-refractivity contribution in [2.75, 3.05) is 11.1 Å². The van der Waals surface area contributed by atoms with Crippen molar-refractivity contribution in [3.05, 3.63) is 58.1 Å². The summed E-state index contributed by atoms with van der Waals surface area (Å²) in [5.74, 6) is -0.144. The zero-order valence-corrected chi connectivity index (χ0v) is 16.2. The molecule has 146 valence electrons. The lowest BCUT2D eigenvalue weighted by Gasteiger charge is -2.11. The van der Waals surface area contributed by atoms with Crippen LogP contribution in [0.4, 0.5) is 18.9 Å². The third-order valence-corrected chi connectivity index (χ3v) is 4.91. The number of anilines is 1. The van der Waals surface area contributed by atoms with Crippen molar-refractivity contribution in [3.8, 4) is 11.4 Å². The lowest BCUT2D eigenvalue weighted by Crippen LogP contribution is -2.15. The molecule has 1 aromatic heterocycles. The van der Waals surface area contributed by atoms with Crippen LogP contribution in [0.25, 0.3) is 11.4 Å². The van der Waals surface area contributed by atoms with E-state index < -0.39 is 17.6 Å². The number of alkyl halides is 3. The number of amides is 1. The summed E-state index contributed by atoms with van der Waals surface area (Å²) in [6.07, 6.45) is -4.53. The van der Waals surface area contributed by atoms with E-state index in [1.807, 2.05) is 0 Å². The largest absolute Gasteiger partial charge is 0.416 e. The summed E-state index contributed by atoms with van der Waals surface area (Å²) in [4.78, 5) is 16.3. The van der Waals surface area contributed by atoms with Crippen LogP contribution in [-0.2, 0) is 11.0 Å². The number of thioether (sulfide) groups is 1. The number of rotatable bonds is 5. The van der Waals surface area contributed by atoms with Gasteiger partial charge in [-0.05, 0) is 42.5 Å². The minimum atomic E-state index is -4.53. The first-order valence-electron chi connectivity index (χ1n) is 7.70. The number of hydrogen-bond acceptors (Lipinski definition) is 4. The fourth-order valence-electron chi connectivity index (χ4n) is 2.16. The number of carbonyl (C=O) groups excluding carboxylic acids is 1. The number of benzene rings is 2. The van der Waals surface area contributed by atoms with Crippen LogP contribution in [0.15, 0.2) is 47.6 Å². The van der Waals surface area contributed by atoms with Gasteiger partial charge in [0.25, 0.3) is 0 Å². The van der Waals surface area contributed by atoms with Crippen LogP contribution in [0.5, 0.6) is 0 Å². The summed E-state index contributed by atoms with van der Waals surface area (Å²) in [7, 11) is 0. The van der Waals surface area contributed by atoms with Gasteiger partial charge in [0.05, 0.1) is 22.0 Å². The highest BCUT2D eigenvalue weighted by Gasteiger charge is 2.31. The summed E-state index contributed by atoms with van der Waals surface area (Å²) in [5, 5.41) is 10.0. The van der Waals surface area contributed by atoms with Gasteiger partial charge < -0.3 is 5.32 Å².